The number of hydrogen-bond donors (Lipinski definition) is 1. The fourth-order valence-corrected chi connectivity index (χ4v) is 3.48. The van der Waals surface area contributed by atoms with Gasteiger partial charge in [0.15, 0.2) is 0 Å². The van der Waals surface area contributed by atoms with Crippen molar-refractivity contribution in [1.82, 2.24) is 0 Å². The van der Waals surface area contributed by atoms with Gasteiger partial charge in [-0.05, 0) is 45.4 Å². The van der Waals surface area contributed by atoms with Gasteiger partial charge in [0.1, 0.15) is 0 Å². The molecule has 1 N–H and O–H groups in total. The second-order valence-corrected chi connectivity index (χ2v) is 7.76. The van der Waals surface area contributed by atoms with E-state index in [-0.39, 0.29) is 17.4 Å². The molecule has 0 aliphatic carbocycles. The monoisotopic (exact) mass is 405 g/mol. The van der Waals surface area contributed by atoms with Gasteiger partial charge in [0.25, 0.3) is 0 Å². The highest BCUT2D eigenvalue weighted by molar-refractivity contribution is 4.73. The minimum absolute atomic E-state index is 0. The molecule has 0 saturated heterocycles. The predicted octanol–water partition coefficient (Wildman–Crippen LogP) is 3.36. The van der Waals surface area contributed by atoms with Gasteiger partial charge in [-0.1, -0.05) is 59.5 Å². The predicted molar refractivity (Wildman–Crippen MR) is 121 cm³/mol. The summed E-state index contributed by atoms with van der Waals surface area (Å²) >= 11 is 0. The molecule has 0 heterocycles. The van der Waals surface area contributed by atoms with Crippen LogP contribution in [-0.2, 0) is 4.74 Å². The van der Waals surface area contributed by atoms with E-state index in [0.29, 0.717) is 13.0 Å². The van der Waals surface area contributed by atoms with Crippen LogP contribution in [0.4, 0.5) is 0 Å². The molecular formula is C24H52FNO2. The van der Waals surface area contributed by atoms with Gasteiger partial charge in [0.2, 0.25) is 0 Å². The Morgan fingerprint density at radius 1 is 0.821 bits per heavy atom. The SMILES string of the molecule is C=CCC(CCO)OCC.CCCC[N+](CCCC)(CCCC)CCCC.[F-]. The molecule has 3 nitrogen and oxygen atoms in total. The zero-order valence-electron chi connectivity index (χ0n) is 19.9. The Morgan fingerprint density at radius 2 is 1.21 bits per heavy atom. The average Bonchev–Trinajstić information content (AvgIpc) is 2.68. The summed E-state index contributed by atoms with van der Waals surface area (Å²) in [7, 11) is 0. The molecule has 0 aromatic heterocycles. The Kier molecular flexibility index (Phi) is 28.3. The first-order valence-electron chi connectivity index (χ1n) is 11.8. The van der Waals surface area contributed by atoms with E-state index in [9.17, 15) is 0 Å². The Labute approximate surface area is 176 Å². The second-order valence-electron chi connectivity index (χ2n) is 7.76. The Bertz CT molecular complexity index is 257. The van der Waals surface area contributed by atoms with Crippen LogP contribution in [-0.4, -0.2) is 55.1 Å². The number of hydrogen-bond acceptors (Lipinski definition) is 2. The smallest absolute Gasteiger partial charge is 0.0786 e. The lowest BCUT2D eigenvalue weighted by Crippen LogP contribution is -3.00. The number of aliphatic hydroxyl groups excluding tert-OH is 1. The van der Waals surface area contributed by atoms with Crippen molar-refractivity contribution in [3.63, 3.8) is 0 Å². The number of halogens is 1. The Balaban J connectivity index is -0.000000489. The first-order valence-corrected chi connectivity index (χ1v) is 11.8. The van der Waals surface area contributed by atoms with Crippen molar-refractivity contribution >= 4 is 0 Å². The van der Waals surface area contributed by atoms with E-state index in [0.717, 1.165) is 6.42 Å². The highest BCUT2D eigenvalue weighted by Gasteiger charge is 2.24. The fourth-order valence-electron chi connectivity index (χ4n) is 3.48. The third kappa shape index (κ3) is 18.9. The van der Waals surface area contributed by atoms with Crippen molar-refractivity contribution in [1.29, 1.82) is 0 Å². The van der Waals surface area contributed by atoms with Crippen LogP contribution in [0, 0.1) is 0 Å². The second kappa shape index (κ2) is 24.6. The molecule has 0 bridgehead atoms. The van der Waals surface area contributed by atoms with Gasteiger partial charge in [-0.2, -0.15) is 0 Å². The molecule has 0 spiro atoms. The van der Waals surface area contributed by atoms with E-state index < -0.39 is 0 Å². The minimum atomic E-state index is 0. The highest BCUT2D eigenvalue weighted by atomic mass is 19.0. The fraction of sp³-hybridized carbons (Fsp3) is 0.917. The van der Waals surface area contributed by atoms with E-state index >= 15 is 0 Å². The third-order valence-corrected chi connectivity index (χ3v) is 5.23. The maximum Gasteiger partial charge on any atom is 0.0786 e. The van der Waals surface area contributed by atoms with E-state index in [1.54, 1.807) is 0 Å². The molecule has 0 aromatic carbocycles. The summed E-state index contributed by atoms with van der Waals surface area (Å²) in [6.45, 7) is 21.5. The lowest BCUT2D eigenvalue weighted by atomic mass is 10.1. The van der Waals surface area contributed by atoms with E-state index in [2.05, 4.69) is 34.3 Å². The summed E-state index contributed by atoms with van der Waals surface area (Å²) in [6, 6.07) is 0. The van der Waals surface area contributed by atoms with Crippen molar-refractivity contribution in [2.75, 3.05) is 39.4 Å². The molecule has 1 unspecified atom stereocenters. The molecule has 1 atom stereocenters. The summed E-state index contributed by atoms with van der Waals surface area (Å²) < 4.78 is 6.71. The van der Waals surface area contributed by atoms with Crippen molar-refractivity contribution in [2.24, 2.45) is 0 Å². The highest BCUT2D eigenvalue weighted by Crippen LogP contribution is 2.16. The molecule has 172 valence electrons. The molecule has 0 saturated carbocycles. The maximum absolute atomic E-state index is 8.58. The molecule has 0 aliphatic heterocycles. The standard InChI is InChI=1S/C16H36N.C8H16O2.FH/c1-5-9-13-17(14-10-6-2,15-11-7-3)16-12-8-4;1-3-5-8(6-7-9)10-4-2;/h5-16H2,1-4H3;3,8-9H,1,4-7H2,2H3;1H/q+1;;/p-1. The number of rotatable bonds is 18. The van der Waals surface area contributed by atoms with Gasteiger partial charge in [0.05, 0.1) is 32.3 Å². The van der Waals surface area contributed by atoms with Crippen molar-refractivity contribution in [3.8, 4) is 0 Å². The largest absolute Gasteiger partial charge is 1.00 e. The number of unbranched alkanes of at least 4 members (excludes halogenated alkanes) is 4. The van der Waals surface area contributed by atoms with Crippen molar-refractivity contribution in [2.45, 2.75) is 105 Å². The molecule has 0 aliphatic rings. The minimum Gasteiger partial charge on any atom is -1.00 e. The number of ether oxygens (including phenoxy) is 1. The van der Waals surface area contributed by atoms with E-state index in [1.165, 1.54) is 82.0 Å². The molecule has 0 amide bonds. The number of nitrogens with zero attached hydrogens (tertiary/aromatic N) is 1. The van der Waals surface area contributed by atoms with E-state index in [1.807, 2.05) is 13.0 Å². The summed E-state index contributed by atoms with van der Waals surface area (Å²) in [5.41, 5.74) is 0. The lowest BCUT2D eigenvalue weighted by molar-refractivity contribution is -0.929. The van der Waals surface area contributed by atoms with Gasteiger partial charge in [0, 0.05) is 13.2 Å². The van der Waals surface area contributed by atoms with Crippen LogP contribution in [0.15, 0.2) is 12.7 Å². The normalized spacial score (nSPS) is 11.9. The van der Waals surface area contributed by atoms with Gasteiger partial charge in [-0.3, -0.25) is 0 Å². The van der Waals surface area contributed by atoms with Crippen LogP contribution < -0.4 is 4.70 Å². The van der Waals surface area contributed by atoms with Crippen LogP contribution in [0.25, 0.3) is 0 Å². The summed E-state index contributed by atoms with van der Waals surface area (Å²) in [4.78, 5) is 0. The third-order valence-electron chi connectivity index (χ3n) is 5.23. The molecule has 28 heavy (non-hydrogen) atoms. The summed E-state index contributed by atoms with van der Waals surface area (Å²) in [6.07, 6.45) is 14.6. The number of quaternary nitrogens is 1. The van der Waals surface area contributed by atoms with Crippen molar-refractivity contribution in [3.05, 3.63) is 12.7 Å². The molecule has 0 radical (unpaired) electrons. The molecule has 0 fully saturated rings. The molecule has 0 aromatic rings. The Morgan fingerprint density at radius 3 is 1.46 bits per heavy atom. The average molecular weight is 406 g/mol. The van der Waals surface area contributed by atoms with Crippen molar-refractivity contribution < 1.29 is 19.0 Å². The quantitative estimate of drug-likeness (QED) is 0.280. The van der Waals surface area contributed by atoms with Gasteiger partial charge in [-0.15, -0.1) is 6.58 Å². The van der Waals surface area contributed by atoms with Gasteiger partial charge < -0.3 is 19.0 Å². The summed E-state index contributed by atoms with van der Waals surface area (Å²) in [5.74, 6) is 0. The first-order chi connectivity index (χ1) is 13.1. The van der Waals surface area contributed by atoms with Gasteiger partial charge >= 0.3 is 0 Å². The number of aliphatic hydroxyl groups is 1. The van der Waals surface area contributed by atoms with Crippen LogP contribution in [0.3, 0.4) is 0 Å². The molecular weight excluding hydrogens is 353 g/mol. The van der Waals surface area contributed by atoms with E-state index in [4.69, 9.17) is 9.84 Å². The molecule has 4 heteroatoms. The van der Waals surface area contributed by atoms with Crippen LogP contribution in [0.2, 0.25) is 0 Å². The van der Waals surface area contributed by atoms with Crippen LogP contribution >= 0.6 is 0 Å². The molecule has 0 rings (SSSR count). The zero-order valence-corrected chi connectivity index (χ0v) is 19.9. The van der Waals surface area contributed by atoms with Crippen LogP contribution in [0.1, 0.15) is 98.8 Å². The summed E-state index contributed by atoms with van der Waals surface area (Å²) in [5, 5.41) is 8.58. The zero-order chi connectivity index (χ0) is 20.8. The Hall–Kier alpha value is -0.450. The van der Waals surface area contributed by atoms with Gasteiger partial charge in [-0.25, -0.2) is 0 Å². The van der Waals surface area contributed by atoms with Crippen LogP contribution in [0.5, 0.6) is 0 Å². The lowest BCUT2D eigenvalue weighted by Gasteiger charge is -2.39. The first kappa shape index (κ1) is 32.2. The maximum atomic E-state index is 8.58. The topological polar surface area (TPSA) is 29.5 Å².